The highest BCUT2D eigenvalue weighted by molar-refractivity contribution is 5.82. The molecule has 4 rings (SSSR count). The van der Waals surface area contributed by atoms with Gasteiger partial charge >= 0.3 is 0 Å². The van der Waals surface area contributed by atoms with Crippen LogP contribution in [0.2, 0.25) is 0 Å². The molecule has 136 valence electrons. The van der Waals surface area contributed by atoms with Gasteiger partial charge in [0.05, 0.1) is 11.9 Å². The van der Waals surface area contributed by atoms with E-state index in [1.165, 1.54) is 0 Å². The molecule has 7 nitrogen and oxygen atoms in total. The monoisotopic (exact) mass is 354 g/mol. The molecule has 2 heterocycles. The van der Waals surface area contributed by atoms with Crippen LogP contribution in [0.3, 0.4) is 0 Å². The first-order chi connectivity index (χ1) is 12.4. The zero-order valence-corrected chi connectivity index (χ0v) is 15.0. The summed E-state index contributed by atoms with van der Waals surface area (Å²) in [5.41, 5.74) is 3.00. The molecule has 2 aliphatic rings. The summed E-state index contributed by atoms with van der Waals surface area (Å²) in [6.07, 6.45) is 2.98. The van der Waals surface area contributed by atoms with Crippen LogP contribution in [0.25, 0.3) is 5.69 Å². The third-order valence-electron chi connectivity index (χ3n) is 5.24. The maximum absolute atomic E-state index is 12.8. The van der Waals surface area contributed by atoms with Crippen molar-refractivity contribution >= 4 is 5.91 Å². The molecule has 2 atom stereocenters. The van der Waals surface area contributed by atoms with Crippen LogP contribution in [0, 0.1) is 21.4 Å². The van der Waals surface area contributed by atoms with E-state index in [0.29, 0.717) is 19.5 Å². The molecule has 1 aliphatic heterocycles. The van der Waals surface area contributed by atoms with E-state index >= 15 is 0 Å². The van der Waals surface area contributed by atoms with Gasteiger partial charge in [0, 0.05) is 35.7 Å². The molecule has 7 heteroatoms. The number of nitrogens with zero attached hydrogens (tertiary/aromatic N) is 4. The molecule has 0 spiro atoms. The van der Waals surface area contributed by atoms with E-state index in [2.05, 4.69) is 18.9 Å². The van der Waals surface area contributed by atoms with Crippen LogP contribution in [0.4, 0.5) is 0 Å². The second kappa shape index (κ2) is 5.93. The van der Waals surface area contributed by atoms with Crippen molar-refractivity contribution in [2.45, 2.75) is 39.3 Å². The number of amides is 1. The molecule has 1 fully saturated rings. The Balaban J connectivity index is 1.64. The highest BCUT2D eigenvalue weighted by Gasteiger charge is 2.55. The van der Waals surface area contributed by atoms with E-state index in [1.807, 2.05) is 41.2 Å². The van der Waals surface area contributed by atoms with Gasteiger partial charge in [-0.2, -0.15) is 5.10 Å². The average molecular weight is 354 g/mol. The Bertz CT molecular complexity index is 859. The predicted octanol–water partition coefficient (Wildman–Crippen LogP) is 2.45. The van der Waals surface area contributed by atoms with Gasteiger partial charge < -0.3 is 4.90 Å². The van der Waals surface area contributed by atoms with Gasteiger partial charge in [0.2, 0.25) is 11.9 Å². The summed E-state index contributed by atoms with van der Waals surface area (Å²) in [4.78, 5) is 25.2. The van der Waals surface area contributed by atoms with Crippen LogP contribution in [0.5, 0.6) is 0 Å². The normalized spacial score (nSPS) is 23.8. The summed E-state index contributed by atoms with van der Waals surface area (Å²) < 4.78 is 1.95. The van der Waals surface area contributed by atoms with Crippen LogP contribution in [-0.4, -0.2) is 38.1 Å². The number of nitro groups is 1. The first-order valence-corrected chi connectivity index (χ1v) is 8.89. The Hall–Kier alpha value is -2.70. The lowest BCUT2D eigenvalue weighted by molar-refractivity contribution is -0.497. The molecule has 1 aromatic carbocycles. The highest BCUT2D eigenvalue weighted by Crippen LogP contribution is 2.38. The Kier molecular flexibility index (Phi) is 3.82. The van der Waals surface area contributed by atoms with E-state index in [9.17, 15) is 14.9 Å². The summed E-state index contributed by atoms with van der Waals surface area (Å²) in [7, 11) is 0. The van der Waals surface area contributed by atoms with Crippen molar-refractivity contribution in [3.63, 3.8) is 0 Å². The standard InChI is InChI=1S/C19H22N4O3/c1-19(2)9-17-13(10-20-22(17)14-6-4-3-5-7-14)11-21(12-19)18(24)15-8-16(15)23(25)26/h3-7,10,15-16H,8-9,11-12H2,1-2H3/t15-,16-/m1/s1. The lowest BCUT2D eigenvalue weighted by Crippen LogP contribution is -2.39. The summed E-state index contributed by atoms with van der Waals surface area (Å²) in [6.45, 7) is 5.31. The Morgan fingerprint density at radius 2 is 2.04 bits per heavy atom. The molecule has 0 bridgehead atoms. The maximum Gasteiger partial charge on any atom is 0.233 e. The number of fused-ring (bicyclic) bond motifs is 1. The molecule has 0 N–H and O–H groups in total. The molecule has 1 amide bonds. The number of hydrogen-bond acceptors (Lipinski definition) is 4. The first-order valence-electron chi connectivity index (χ1n) is 8.89. The summed E-state index contributed by atoms with van der Waals surface area (Å²) in [5.74, 6) is -0.563. The second-order valence-corrected chi connectivity index (χ2v) is 8.09. The maximum atomic E-state index is 12.8. The highest BCUT2D eigenvalue weighted by atomic mass is 16.6. The van der Waals surface area contributed by atoms with Gasteiger partial charge in [-0.15, -0.1) is 0 Å². The first kappa shape index (κ1) is 16.8. The number of para-hydroxylation sites is 1. The molecule has 1 aliphatic carbocycles. The van der Waals surface area contributed by atoms with E-state index in [0.717, 1.165) is 23.4 Å². The topological polar surface area (TPSA) is 81.3 Å². The number of carbonyl (C=O) groups excluding carboxylic acids is 1. The van der Waals surface area contributed by atoms with Gasteiger partial charge in [0.1, 0.15) is 5.92 Å². The van der Waals surface area contributed by atoms with E-state index < -0.39 is 12.0 Å². The zero-order valence-electron chi connectivity index (χ0n) is 15.0. The van der Waals surface area contributed by atoms with Crippen molar-refractivity contribution in [1.29, 1.82) is 0 Å². The summed E-state index contributed by atoms with van der Waals surface area (Å²) >= 11 is 0. The second-order valence-electron chi connectivity index (χ2n) is 8.09. The Morgan fingerprint density at radius 1 is 1.31 bits per heavy atom. The molecule has 1 saturated carbocycles. The van der Waals surface area contributed by atoms with Gasteiger partial charge in [-0.3, -0.25) is 14.9 Å². The number of benzene rings is 1. The number of hydrogen-bond donors (Lipinski definition) is 0. The lowest BCUT2D eigenvalue weighted by Gasteiger charge is -2.29. The fourth-order valence-corrected chi connectivity index (χ4v) is 3.88. The van der Waals surface area contributed by atoms with Crippen LogP contribution >= 0.6 is 0 Å². The van der Waals surface area contributed by atoms with Gasteiger partial charge in [0.15, 0.2) is 0 Å². The van der Waals surface area contributed by atoms with Crippen molar-refractivity contribution in [3.05, 3.63) is 57.9 Å². The molecular formula is C19H22N4O3. The van der Waals surface area contributed by atoms with Crippen LogP contribution in [0.1, 0.15) is 31.5 Å². The molecule has 26 heavy (non-hydrogen) atoms. The van der Waals surface area contributed by atoms with Crippen LogP contribution in [0.15, 0.2) is 36.5 Å². The van der Waals surface area contributed by atoms with E-state index in [-0.39, 0.29) is 16.2 Å². The van der Waals surface area contributed by atoms with Crippen molar-refractivity contribution in [2.75, 3.05) is 6.54 Å². The number of carbonyl (C=O) groups is 1. The molecule has 2 aromatic rings. The predicted molar refractivity (Wildman–Crippen MR) is 95.4 cm³/mol. The average Bonchev–Trinajstić information content (AvgIpc) is 3.34. The number of rotatable bonds is 3. The minimum Gasteiger partial charge on any atom is -0.337 e. The number of aromatic nitrogens is 2. The van der Waals surface area contributed by atoms with Crippen molar-refractivity contribution in [2.24, 2.45) is 11.3 Å². The van der Waals surface area contributed by atoms with Gasteiger partial charge in [0.25, 0.3) is 0 Å². The minimum atomic E-state index is -0.708. The lowest BCUT2D eigenvalue weighted by atomic mass is 9.87. The SMILES string of the molecule is CC1(C)Cc2c(cnn2-c2ccccc2)CN(C(=O)[C@@H]2C[C@H]2[N+](=O)[O-])C1. The third kappa shape index (κ3) is 2.98. The van der Waals surface area contributed by atoms with Crippen molar-refractivity contribution < 1.29 is 9.72 Å². The van der Waals surface area contributed by atoms with Gasteiger partial charge in [-0.05, 0) is 24.0 Å². The molecule has 0 saturated heterocycles. The van der Waals surface area contributed by atoms with Crippen LogP contribution in [-0.2, 0) is 17.8 Å². The third-order valence-corrected chi connectivity index (χ3v) is 5.24. The largest absolute Gasteiger partial charge is 0.337 e. The zero-order chi connectivity index (χ0) is 18.5. The fraction of sp³-hybridized carbons (Fsp3) is 0.474. The van der Waals surface area contributed by atoms with E-state index in [4.69, 9.17) is 0 Å². The van der Waals surface area contributed by atoms with Gasteiger partial charge in [-0.1, -0.05) is 32.0 Å². The minimum absolute atomic E-state index is 0.0971. The van der Waals surface area contributed by atoms with Crippen molar-refractivity contribution in [3.8, 4) is 5.69 Å². The van der Waals surface area contributed by atoms with E-state index in [1.54, 1.807) is 4.90 Å². The van der Waals surface area contributed by atoms with Gasteiger partial charge in [-0.25, -0.2) is 4.68 Å². The van der Waals surface area contributed by atoms with Crippen LogP contribution < -0.4 is 0 Å². The molecular weight excluding hydrogens is 332 g/mol. The summed E-state index contributed by atoms with van der Waals surface area (Å²) in [6, 6.07) is 9.25. The molecule has 0 unspecified atom stereocenters. The molecule has 0 radical (unpaired) electrons. The Morgan fingerprint density at radius 3 is 2.69 bits per heavy atom. The van der Waals surface area contributed by atoms with Crippen molar-refractivity contribution in [1.82, 2.24) is 14.7 Å². The fourth-order valence-electron chi connectivity index (χ4n) is 3.88. The smallest absolute Gasteiger partial charge is 0.233 e. The summed E-state index contributed by atoms with van der Waals surface area (Å²) in [5, 5.41) is 15.5. The Labute approximate surface area is 151 Å². The molecule has 1 aromatic heterocycles. The quantitative estimate of drug-likeness (QED) is 0.626.